The second kappa shape index (κ2) is 7.31. The lowest BCUT2D eigenvalue weighted by atomic mass is 10.0. The number of amides is 2. The molecule has 1 aromatic carbocycles. The molecular formula is C18H22N4O2. The number of para-hydroxylation sites is 1. The zero-order valence-corrected chi connectivity index (χ0v) is 13.5. The number of hydrogen-bond donors (Lipinski definition) is 2. The van der Waals surface area contributed by atoms with Crippen LogP contribution >= 0.6 is 0 Å². The van der Waals surface area contributed by atoms with Gasteiger partial charge in [0.25, 0.3) is 5.91 Å². The minimum Gasteiger partial charge on any atom is -0.369 e. The summed E-state index contributed by atoms with van der Waals surface area (Å²) in [4.78, 5) is 25.8. The van der Waals surface area contributed by atoms with Crippen LogP contribution in [-0.4, -0.2) is 47.0 Å². The van der Waals surface area contributed by atoms with E-state index in [1.54, 1.807) is 0 Å². The Hall–Kier alpha value is -2.60. The van der Waals surface area contributed by atoms with Crippen molar-refractivity contribution >= 4 is 11.8 Å². The lowest BCUT2D eigenvalue weighted by Gasteiger charge is -2.32. The standard InChI is InChI=1S/C18H22N4O2/c19-17(23)13-21-9-5-6-14(12-21)20-18(24)15-7-1-2-8-16(15)22-10-3-4-11-22/h1-4,7-8,10-11,14H,5-6,9,12-13H2,(H2,19,23)(H,20,24). The first-order valence-electron chi connectivity index (χ1n) is 8.17. The predicted molar refractivity (Wildman–Crippen MR) is 91.9 cm³/mol. The smallest absolute Gasteiger partial charge is 0.253 e. The molecule has 3 N–H and O–H groups in total. The molecular weight excluding hydrogens is 304 g/mol. The van der Waals surface area contributed by atoms with Gasteiger partial charge in [-0.25, -0.2) is 0 Å². The Morgan fingerprint density at radius 2 is 1.92 bits per heavy atom. The first-order chi connectivity index (χ1) is 11.6. The van der Waals surface area contributed by atoms with Crippen LogP contribution in [0, 0.1) is 0 Å². The quantitative estimate of drug-likeness (QED) is 0.865. The molecule has 2 amide bonds. The summed E-state index contributed by atoms with van der Waals surface area (Å²) in [5.41, 5.74) is 6.76. The van der Waals surface area contributed by atoms with Crippen LogP contribution in [0.4, 0.5) is 0 Å². The number of nitrogens with two attached hydrogens (primary N) is 1. The lowest BCUT2D eigenvalue weighted by molar-refractivity contribution is -0.119. The Bertz CT molecular complexity index is 712. The molecule has 3 rings (SSSR count). The van der Waals surface area contributed by atoms with Gasteiger partial charge in [0.15, 0.2) is 0 Å². The Balaban J connectivity index is 1.70. The number of piperidine rings is 1. The highest BCUT2D eigenvalue weighted by Gasteiger charge is 2.23. The average molecular weight is 326 g/mol. The van der Waals surface area contributed by atoms with Crippen molar-refractivity contribution < 1.29 is 9.59 Å². The van der Waals surface area contributed by atoms with Crippen LogP contribution in [0.3, 0.4) is 0 Å². The van der Waals surface area contributed by atoms with Gasteiger partial charge < -0.3 is 15.6 Å². The third kappa shape index (κ3) is 3.83. The number of nitrogens with zero attached hydrogens (tertiary/aromatic N) is 2. The van der Waals surface area contributed by atoms with Crippen molar-refractivity contribution in [2.24, 2.45) is 5.73 Å². The van der Waals surface area contributed by atoms with Crippen molar-refractivity contribution in [3.63, 3.8) is 0 Å². The predicted octanol–water partition coefficient (Wildman–Crippen LogP) is 1.16. The van der Waals surface area contributed by atoms with Crippen LogP contribution in [0.25, 0.3) is 5.69 Å². The molecule has 1 aliphatic heterocycles. The van der Waals surface area contributed by atoms with Gasteiger partial charge in [-0.2, -0.15) is 0 Å². The molecule has 6 heteroatoms. The second-order valence-corrected chi connectivity index (χ2v) is 6.12. The Labute approximate surface area is 141 Å². The highest BCUT2D eigenvalue weighted by Crippen LogP contribution is 2.16. The van der Waals surface area contributed by atoms with E-state index in [9.17, 15) is 9.59 Å². The summed E-state index contributed by atoms with van der Waals surface area (Å²) < 4.78 is 1.93. The highest BCUT2D eigenvalue weighted by molar-refractivity contribution is 5.98. The summed E-state index contributed by atoms with van der Waals surface area (Å²) in [7, 11) is 0. The Morgan fingerprint density at radius 1 is 1.17 bits per heavy atom. The van der Waals surface area contributed by atoms with Crippen LogP contribution in [0.2, 0.25) is 0 Å². The average Bonchev–Trinajstić information content (AvgIpc) is 3.09. The van der Waals surface area contributed by atoms with Gasteiger partial charge >= 0.3 is 0 Å². The van der Waals surface area contributed by atoms with Crippen molar-refractivity contribution in [1.29, 1.82) is 0 Å². The fraction of sp³-hybridized carbons (Fsp3) is 0.333. The summed E-state index contributed by atoms with van der Waals surface area (Å²) in [5.74, 6) is -0.426. The number of rotatable bonds is 5. The molecule has 24 heavy (non-hydrogen) atoms. The largest absolute Gasteiger partial charge is 0.369 e. The number of likely N-dealkylation sites (tertiary alicyclic amines) is 1. The fourth-order valence-corrected chi connectivity index (χ4v) is 3.19. The number of aromatic nitrogens is 1. The van der Waals surface area contributed by atoms with E-state index < -0.39 is 0 Å². The maximum Gasteiger partial charge on any atom is 0.253 e. The van der Waals surface area contributed by atoms with Crippen LogP contribution in [0.5, 0.6) is 0 Å². The van der Waals surface area contributed by atoms with Gasteiger partial charge in [0.1, 0.15) is 0 Å². The van der Waals surface area contributed by atoms with Crippen LogP contribution in [0.1, 0.15) is 23.2 Å². The highest BCUT2D eigenvalue weighted by atomic mass is 16.2. The molecule has 1 fully saturated rings. The molecule has 0 radical (unpaired) electrons. The molecule has 1 aliphatic rings. The first-order valence-corrected chi connectivity index (χ1v) is 8.17. The molecule has 1 unspecified atom stereocenters. The zero-order valence-electron chi connectivity index (χ0n) is 13.5. The lowest BCUT2D eigenvalue weighted by Crippen LogP contribution is -2.49. The minimum absolute atomic E-state index is 0.0309. The summed E-state index contributed by atoms with van der Waals surface area (Å²) in [6.07, 6.45) is 5.69. The van der Waals surface area contributed by atoms with E-state index in [1.165, 1.54) is 0 Å². The van der Waals surface area contributed by atoms with Gasteiger partial charge in [-0.1, -0.05) is 12.1 Å². The fourth-order valence-electron chi connectivity index (χ4n) is 3.19. The number of carbonyl (C=O) groups excluding carboxylic acids is 2. The topological polar surface area (TPSA) is 80.4 Å². The molecule has 0 bridgehead atoms. The van der Waals surface area contributed by atoms with Gasteiger partial charge in [0, 0.05) is 25.0 Å². The molecule has 6 nitrogen and oxygen atoms in total. The molecule has 0 saturated carbocycles. The first kappa shape index (κ1) is 16.3. The molecule has 0 aliphatic carbocycles. The van der Waals surface area contributed by atoms with E-state index in [4.69, 9.17) is 5.73 Å². The molecule has 1 saturated heterocycles. The Morgan fingerprint density at radius 3 is 2.67 bits per heavy atom. The number of primary amides is 1. The van der Waals surface area contributed by atoms with Crippen molar-refractivity contribution in [3.8, 4) is 5.69 Å². The van der Waals surface area contributed by atoms with E-state index in [1.807, 2.05) is 58.3 Å². The second-order valence-electron chi connectivity index (χ2n) is 6.12. The molecule has 126 valence electrons. The van der Waals surface area contributed by atoms with Crippen molar-refractivity contribution in [1.82, 2.24) is 14.8 Å². The third-order valence-electron chi connectivity index (χ3n) is 4.25. The number of hydrogen-bond acceptors (Lipinski definition) is 3. The normalized spacial score (nSPS) is 18.2. The Kier molecular flexibility index (Phi) is 4.96. The van der Waals surface area contributed by atoms with Crippen molar-refractivity contribution in [2.45, 2.75) is 18.9 Å². The van der Waals surface area contributed by atoms with E-state index >= 15 is 0 Å². The third-order valence-corrected chi connectivity index (χ3v) is 4.25. The molecule has 2 aromatic rings. The summed E-state index contributed by atoms with van der Waals surface area (Å²) >= 11 is 0. The maximum absolute atomic E-state index is 12.7. The minimum atomic E-state index is -0.333. The van der Waals surface area contributed by atoms with Gasteiger partial charge in [0.05, 0.1) is 17.8 Å². The zero-order chi connectivity index (χ0) is 16.9. The molecule has 0 spiro atoms. The number of benzene rings is 1. The van der Waals surface area contributed by atoms with E-state index in [-0.39, 0.29) is 24.4 Å². The van der Waals surface area contributed by atoms with Crippen molar-refractivity contribution in [3.05, 3.63) is 54.4 Å². The molecule has 2 heterocycles. The summed E-state index contributed by atoms with van der Waals surface area (Å²) in [6, 6.07) is 11.4. The van der Waals surface area contributed by atoms with Crippen LogP contribution in [0.15, 0.2) is 48.8 Å². The van der Waals surface area contributed by atoms with Crippen LogP contribution < -0.4 is 11.1 Å². The van der Waals surface area contributed by atoms with Gasteiger partial charge in [-0.15, -0.1) is 0 Å². The number of nitrogens with one attached hydrogen (secondary N) is 1. The number of carbonyl (C=O) groups is 2. The summed E-state index contributed by atoms with van der Waals surface area (Å²) in [5, 5.41) is 3.09. The maximum atomic E-state index is 12.7. The van der Waals surface area contributed by atoms with Gasteiger partial charge in [-0.3, -0.25) is 14.5 Å². The van der Waals surface area contributed by atoms with Crippen LogP contribution in [-0.2, 0) is 4.79 Å². The van der Waals surface area contributed by atoms with Crippen molar-refractivity contribution in [2.75, 3.05) is 19.6 Å². The van der Waals surface area contributed by atoms with E-state index in [2.05, 4.69) is 5.32 Å². The molecule has 1 aromatic heterocycles. The SMILES string of the molecule is NC(=O)CN1CCCC(NC(=O)c2ccccc2-n2cccc2)C1. The van der Waals surface area contributed by atoms with E-state index in [0.717, 1.165) is 25.1 Å². The van der Waals surface area contributed by atoms with Gasteiger partial charge in [0.2, 0.25) is 5.91 Å². The van der Waals surface area contributed by atoms with Gasteiger partial charge in [-0.05, 0) is 43.7 Å². The van der Waals surface area contributed by atoms with E-state index in [0.29, 0.717) is 12.1 Å². The molecule has 1 atom stereocenters. The summed E-state index contributed by atoms with van der Waals surface area (Å²) in [6.45, 7) is 1.74. The monoisotopic (exact) mass is 326 g/mol.